The molecule has 1 aromatic heterocycles. The summed E-state index contributed by atoms with van der Waals surface area (Å²) in [4.78, 5) is 27.4. The first-order chi connectivity index (χ1) is 14.6. The van der Waals surface area contributed by atoms with Crippen molar-refractivity contribution in [3.8, 4) is 11.5 Å². The Kier molecular flexibility index (Phi) is 6.24. The van der Waals surface area contributed by atoms with E-state index >= 15 is 0 Å². The third kappa shape index (κ3) is 4.29. The molecule has 0 N–H and O–H groups in total. The van der Waals surface area contributed by atoms with Crippen molar-refractivity contribution >= 4 is 46.3 Å². The van der Waals surface area contributed by atoms with Gasteiger partial charge in [-0.3, -0.25) is 9.69 Å². The van der Waals surface area contributed by atoms with E-state index in [1.165, 1.54) is 37.6 Å². The predicted molar refractivity (Wildman–Crippen MR) is 119 cm³/mol. The lowest BCUT2D eigenvalue weighted by atomic mass is 9.94. The summed E-state index contributed by atoms with van der Waals surface area (Å²) in [5.41, 5.74) is 0.758. The highest BCUT2D eigenvalue weighted by Gasteiger charge is 2.37. The first-order valence-corrected chi connectivity index (χ1v) is 11.0. The van der Waals surface area contributed by atoms with Gasteiger partial charge in [0.15, 0.2) is 11.5 Å². The normalized spacial score (nSPS) is 18.8. The monoisotopic (exact) mass is 443 g/mol. The summed E-state index contributed by atoms with van der Waals surface area (Å²) in [7, 11) is 1.49. The number of benzene rings is 1. The van der Waals surface area contributed by atoms with Crippen molar-refractivity contribution < 1.29 is 23.5 Å². The highest BCUT2D eigenvalue weighted by Crippen LogP contribution is 2.38. The second kappa shape index (κ2) is 9.06. The van der Waals surface area contributed by atoms with Gasteiger partial charge >= 0.3 is 5.97 Å². The fraction of sp³-hybridized carbons (Fsp3) is 0.318. The van der Waals surface area contributed by atoms with Crippen molar-refractivity contribution in [3.63, 3.8) is 0 Å². The largest absolute Gasteiger partial charge is 0.493 e. The van der Waals surface area contributed by atoms with E-state index < -0.39 is 5.97 Å². The van der Waals surface area contributed by atoms with Crippen LogP contribution in [0, 0.1) is 0 Å². The maximum Gasteiger partial charge on any atom is 0.379 e. The van der Waals surface area contributed by atoms with Crippen molar-refractivity contribution in [2.24, 2.45) is 0 Å². The highest BCUT2D eigenvalue weighted by atomic mass is 32.2. The van der Waals surface area contributed by atoms with Gasteiger partial charge in [0.05, 0.1) is 18.3 Å². The minimum Gasteiger partial charge on any atom is -0.493 e. The van der Waals surface area contributed by atoms with Gasteiger partial charge in [-0.05, 0) is 48.7 Å². The van der Waals surface area contributed by atoms with Crippen LogP contribution in [-0.4, -0.2) is 34.2 Å². The number of hydrogen-bond donors (Lipinski definition) is 0. The zero-order chi connectivity index (χ0) is 21.1. The molecule has 0 bridgehead atoms. The molecule has 1 aliphatic carbocycles. The van der Waals surface area contributed by atoms with Crippen LogP contribution in [0.1, 0.15) is 48.2 Å². The molecule has 2 fully saturated rings. The van der Waals surface area contributed by atoms with Crippen molar-refractivity contribution in [1.29, 1.82) is 0 Å². The Morgan fingerprint density at radius 2 is 2.03 bits per heavy atom. The van der Waals surface area contributed by atoms with Gasteiger partial charge in [0.1, 0.15) is 4.32 Å². The van der Waals surface area contributed by atoms with Crippen LogP contribution in [0.4, 0.5) is 0 Å². The summed E-state index contributed by atoms with van der Waals surface area (Å²) < 4.78 is 16.4. The summed E-state index contributed by atoms with van der Waals surface area (Å²) in [6.45, 7) is 0. The first kappa shape index (κ1) is 20.7. The van der Waals surface area contributed by atoms with Crippen LogP contribution in [0.25, 0.3) is 6.08 Å². The van der Waals surface area contributed by atoms with Gasteiger partial charge < -0.3 is 13.9 Å². The molecule has 2 heterocycles. The maximum atomic E-state index is 13.0. The van der Waals surface area contributed by atoms with Crippen molar-refractivity contribution in [1.82, 2.24) is 4.90 Å². The molecule has 0 spiro atoms. The molecule has 2 aromatic rings. The van der Waals surface area contributed by atoms with E-state index in [4.69, 9.17) is 26.1 Å². The summed E-state index contributed by atoms with van der Waals surface area (Å²) in [6.07, 6.45) is 8.69. The Bertz CT molecular complexity index is 993. The van der Waals surface area contributed by atoms with Gasteiger partial charge in [-0.1, -0.05) is 49.3 Å². The molecule has 1 saturated carbocycles. The number of thiocarbonyl (C=S) groups is 1. The highest BCUT2D eigenvalue weighted by molar-refractivity contribution is 8.26. The molecule has 0 atom stereocenters. The second-order valence-corrected chi connectivity index (χ2v) is 8.80. The van der Waals surface area contributed by atoms with Gasteiger partial charge in [0.2, 0.25) is 5.76 Å². The predicted octanol–water partition coefficient (Wildman–Crippen LogP) is 5.04. The van der Waals surface area contributed by atoms with Crippen LogP contribution in [0.2, 0.25) is 0 Å². The Labute approximate surface area is 184 Å². The van der Waals surface area contributed by atoms with Crippen LogP contribution in [0.3, 0.4) is 0 Å². The lowest BCUT2D eigenvalue weighted by Crippen LogP contribution is -2.39. The Balaban J connectivity index is 1.52. The number of esters is 1. The van der Waals surface area contributed by atoms with Gasteiger partial charge in [-0.15, -0.1) is 0 Å². The molecule has 0 radical (unpaired) electrons. The summed E-state index contributed by atoms with van der Waals surface area (Å²) in [5, 5.41) is 0. The van der Waals surface area contributed by atoms with E-state index in [1.807, 2.05) is 0 Å². The van der Waals surface area contributed by atoms with Crippen molar-refractivity contribution in [2.45, 2.75) is 38.1 Å². The molecule has 156 valence electrons. The summed E-state index contributed by atoms with van der Waals surface area (Å²) in [5.74, 6) is 0.105. The third-order valence-electron chi connectivity index (χ3n) is 5.17. The minimum absolute atomic E-state index is 0.0378. The summed E-state index contributed by atoms with van der Waals surface area (Å²) >= 11 is 6.81. The quantitative estimate of drug-likeness (QED) is 0.277. The molecule has 8 heteroatoms. The molecular weight excluding hydrogens is 422 g/mol. The first-order valence-electron chi connectivity index (χ1n) is 9.77. The van der Waals surface area contributed by atoms with E-state index in [0.29, 0.717) is 15.0 Å². The Hall–Kier alpha value is -2.58. The zero-order valence-electron chi connectivity index (χ0n) is 16.5. The Morgan fingerprint density at radius 3 is 2.73 bits per heavy atom. The van der Waals surface area contributed by atoms with Crippen LogP contribution >= 0.6 is 24.0 Å². The van der Waals surface area contributed by atoms with Gasteiger partial charge in [-0.25, -0.2) is 4.79 Å². The third-order valence-corrected chi connectivity index (χ3v) is 6.50. The van der Waals surface area contributed by atoms with Crippen LogP contribution < -0.4 is 9.47 Å². The number of carbonyl (C=O) groups is 2. The molecule has 30 heavy (non-hydrogen) atoms. The molecular formula is C22H21NO5S2. The molecule has 4 rings (SSSR count). The van der Waals surface area contributed by atoms with Crippen molar-refractivity contribution in [3.05, 3.63) is 52.8 Å². The molecule has 0 unspecified atom stereocenters. The smallest absolute Gasteiger partial charge is 0.379 e. The molecule has 1 saturated heterocycles. The molecule has 1 amide bonds. The number of hydrogen-bond acceptors (Lipinski definition) is 7. The van der Waals surface area contributed by atoms with Crippen LogP contribution in [0.5, 0.6) is 11.5 Å². The average molecular weight is 444 g/mol. The minimum atomic E-state index is -0.612. The number of ether oxygens (including phenoxy) is 2. The van der Waals surface area contributed by atoms with E-state index in [2.05, 4.69) is 0 Å². The number of carbonyl (C=O) groups excluding carboxylic acids is 2. The van der Waals surface area contributed by atoms with Crippen LogP contribution in [-0.2, 0) is 4.79 Å². The molecule has 1 aromatic carbocycles. The lowest BCUT2D eigenvalue weighted by Gasteiger charge is -2.29. The van der Waals surface area contributed by atoms with E-state index in [1.54, 1.807) is 35.2 Å². The lowest BCUT2D eigenvalue weighted by molar-refractivity contribution is -0.124. The van der Waals surface area contributed by atoms with E-state index in [9.17, 15) is 9.59 Å². The standard InChI is InChI=1S/C22H21NO5S2/c1-26-18-12-14(9-10-16(18)28-21(25)17-8-5-11-27-17)13-19-20(24)23(22(29)30-19)15-6-3-2-4-7-15/h5,8-13,15H,2-4,6-7H2,1H3/b19-13+. The van der Waals surface area contributed by atoms with Gasteiger partial charge in [0, 0.05) is 6.04 Å². The number of methoxy groups -OCH3 is 1. The number of furan rings is 1. The Morgan fingerprint density at radius 1 is 1.23 bits per heavy atom. The van der Waals surface area contributed by atoms with E-state index in [0.717, 1.165) is 31.2 Å². The number of nitrogens with zero attached hydrogens (tertiary/aromatic N) is 1. The fourth-order valence-electron chi connectivity index (χ4n) is 3.69. The number of rotatable bonds is 5. The molecule has 2 aliphatic rings. The topological polar surface area (TPSA) is 69.0 Å². The number of thioether (sulfide) groups is 1. The van der Waals surface area contributed by atoms with E-state index in [-0.39, 0.29) is 23.5 Å². The second-order valence-electron chi connectivity index (χ2n) is 7.12. The maximum absolute atomic E-state index is 13.0. The summed E-state index contributed by atoms with van der Waals surface area (Å²) in [6, 6.07) is 8.46. The SMILES string of the molecule is COc1cc(/C=C2/SC(=S)N(C3CCCCC3)C2=O)ccc1OC(=O)c1ccco1. The van der Waals surface area contributed by atoms with Gasteiger partial charge in [-0.2, -0.15) is 0 Å². The average Bonchev–Trinajstić information content (AvgIpc) is 3.38. The van der Waals surface area contributed by atoms with Gasteiger partial charge in [0.25, 0.3) is 5.91 Å². The molecule has 1 aliphatic heterocycles. The number of amides is 1. The van der Waals surface area contributed by atoms with Crippen molar-refractivity contribution in [2.75, 3.05) is 7.11 Å². The van der Waals surface area contributed by atoms with Crippen LogP contribution in [0.15, 0.2) is 45.9 Å². The fourth-order valence-corrected chi connectivity index (χ4v) is 5.09. The zero-order valence-corrected chi connectivity index (χ0v) is 18.1. The molecule has 6 nitrogen and oxygen atoms in total.